The Balaban J connectivity index is 1.77. The number of nitrogens with zero attached hydrogens (tertiary/aromatic N) is 2. The van der Waals surface area contributed by atoms with E-state index in [0.29, 0.717) is 19.4 Å². The second-order valence-electron chi connectivity index (χ2n) is 11.6. The standard InChI is InChI=1S/C32H27F9N2O2/c1-15-8-7-9-19(10-15)27-43-25-12-17(3)21(14-23(25)29(6,45-27)32(39,40)41)26(30(33,34)35)20-13-22-24(11-16(20)2)42-18(4)44-28(22,5)31(36,37)38/h7-14,26H,1-6H3. The summed E-state index contributed by atoms with van der Waals surface area (Å²) in [4.78, 5) is 8.21. The molecule has 0 N–H and O–H groups in total. The van der Waals surface area contributed by atoms with Gasteiger partial charge in [-0.15, -0.1) is 0 Å². The summed E-state index contributed by atoms with van der Waals surface area (Å²) in [6.45, 7) is 6.85. The van der Waals surface area contributed by atoms with Crippen molar-refractivity contribution in [1.82, 2.24) is 0 Å². The first-order valence-electron chi connectivity index (χ1n) is 13.7. The van der Waals surface area contributed by atoms with Gasteiger partial charge in [0.15, 0.2) is 5.90 Å². The van der Waals surface area contributed by atoms with E-state index in [-0.39, 0.29) is 39.9 Å². The summed E-state index contributed by atoms with van der Waals surface area (Å²) in [6, 6.07) is 10.1. The lowest BCUT2D eigenvalue weighted by molar-refractivity contribution is -0.253. The number of rotatable bonds is 3. The highest BCUT2D eigenvalue weighted by molar-refractivity contribution is 5.98. The number of hydrogen-bond acceptors (Lipinski definition) is 4. The van der Waals surface area contributed by atoms with Crippen LogP contribution in [0.1, 0.15) is 71.2 Å². The summed E-state index contributed by atoms with van der Waals surface area (Å²) in [6.07, 6.45) is -15.3. The van der Waals surface area contributed by atoms with E-state index < -0.39 is 57.9 Å². The molecule has 0 bridgehead atoms. The molecule has 3 unspecified atom stereocenters. The highest BCUT2D eigenvalue weighted by Crippen LogP contribution is 2.54. The monoisotopic (exact) mass is 642 g/mol. The molecule has 0 saturated heterocycles. The molecule has 2 aliphatic heterocycles. The molecule has 0 spiro atoms. The maximum Gasteiger partial charge on any atom is 0.432 e. The maximum absolute atomic E-state index is 15.0. The zero-order chi connectivity index (χ0) is 33.5. The van der Waals surface area contributed by atoms with Gasteiger partial charge in [-0.25, -0.2) is 9.98 Å². The molecule has 0 radical (unpaired) electrons. The van der Waals surface area contributed by atoms with Gasteiger partial charge in [0.25, 0.3) is 0 Å². The van der Waals surface area contributed by atoms with Crippen molar-refractivity contribution in [3.05, 3.63) is 93.0 Å². The third-order valence-electron chi connectivity index (χ3n) is 8.25. The maximum atomic E-state index is 15.0. The Morgan fingerprint density at radius 3 is 1.60 bits per heavy atom. The van der Waals surface area contributed by atoms with E-state index in [9.17, 15) is 39.5 Å². The van der Waals surface area contributed by atoms with Crippen molar-refractivity contribution in [2.24, 2.45) is 9.98 Å². The molecule has 0 saturated carbocycles. The first-order chi connectivity index (χ1) is 20.6. The van der Waals surface area contributed by atoms with E-state index in [0.717, 1.165) is 24.3 Å². The number of halogens is 9. The number of benzene rings is 3. The van der Waals surface area contributed by atoms with Crippen LogP contribution < -0.4 is 0 Å². The number of ether oxygens (including phenoxy) is 2. The van der Waals surface area contributed by atoms with E-state index in [4.69, 9.17) is 9.47 Å². The summed E-state index contributed by atoms with van der Waals surface area (Å²) in [5.74, 6) is -3.31. The van der Waals surface area contributed by atoms with Crippen molar-refractivity contribution in [3.63, 3.8) is 0 Å². The lowest BCUT2D eigenvalue weighted by Gasteiger charge is -2.38. The smallest absolute Gasteiger partial charge is 0.432 e. The highest BCUT2D eigenvalue weighted by atomic mass is 19.4. The van der Waals surface area contributed by atoms with Crippen molar-refractivity contribution >= 4 is 23.2 Å². The van der Waals surface area contributed by atoms with Crippen molar-refractivity contribution < 1.29 is 49.0 Å². The molecule has 3 aromatic carbocycles. The Bertz CT molecular complexity index is 1750. The van der Waals surface area contributed by atoms with Crippen molar-refractivity contribution in [2.45, 2.75) is 77.2 Å². The van der Waals surface area contributed by atoms with Crippen molar-refractivity contribution in [3.8, 4) is 0 Å². The van der Waals surface area contributed by atoms with Crippen LogP contribution >= 0.6 is 0 Å². The molecule has 45 heavy (non-hydrogen) atoms. The van der Waals surface area contributed by atoms with Crippen LogP contribution in [0, 0.1) is 20.8 Å². The molecule has 0 fully saturated rings. The molecule has 4 nitrogen and oxygen atoms in total. The average Bonchev–Trinajstić information content (AvgIpc) is 2.87. The number of alkyl halides is 9. The fraction of sp³-hybridized carbons (Fsp3) is 0.375. The summed E-state index contributed by atoms with van der Waals surface area (Å²) in [5, 5.41) is 0. The predicted molar refractivity (Wildman–Crippen MR) is 149 cm³/mol. The second kappa shape index (κ2) is 10.2. The van der Waals surface area contributed by atoms with Gasteiger partial charge >= 0.3 is 18.5 Å². The number of aliphatic imine (C=N–C) groups is 2. The zero-order valence-corrected chi connectivity index (χ0v) is 24.8. The third kappa shape index (κ3) is 5.33. The quantitative estimate of drug-likeness (QED) is 0.267. The summed E-state index contributed by atoms with van der Waals surface area (Å²) in [7, 11) is 0. The van der Waals surface area contributed by atoms with Crippen molar-refractivity contribution in [2.75, 3.05) is 0 Å². The minimum Gasteiger partial charge on any atom is -0.460 e. The first kappa shape index (κ1) is 32.4. The van der Waals surface area contributed by atoms with Crippen LogP contribution in [0.4, 0.5) is 50.9 Å². The largest absolute Gasteiger partial charge is 0.460 e. The van der Waals surface area contributed by atoms with Gasteiger partial charge in [-0.2, -0.15) is 39.5 Å². The van der Waals surface area contributed by atoms with Gasteiger partial charge in [-0.05, 0) is 93.3 Å². The molecular formula is C32H27F9N2O2. The zero-order valence-electron chi connectivity index (χ0n) is 24.8. The highest BCUT2D eigenvalue weighted by Gasteiger charge is 2.60. The third-order valence-corrected chi connectivity index (χ3v) is 8.25. The molecule has 13 heteroatoms. The molecule has 0 aromatic heterocycles. The first-order valence-corrected chi connectivity index (χ1v) is 13.7. The van der Waals surface area contributed by atoms with E-state index in [1.807, 2.05) is 0 Å². The topological polar surface area (TPSA) is 43.2 Å². The number of hydrogen-bond donors (Lipinski definition) is 0. The SMILES string of the molecule is CC1=Nc2cc(C)c(C(c3cc4c(cc3C)N=C(c3cccc(C)c3)OC4(C)C(F)(F)F)C(F)(F)F)cc2C(C)(C(F)(F)F)O1. The van der Waals surface area contributed by atoms with Gasteiger partial charge in [0.2, 0.25) is 17.1 Å². The summed E-state index contributed by atoms with van der Waals surface area (Å²) >= 11 is 0. The second-order valence-corrected chi connectivity index (χ2v) is 11.6. The van der Waals surface area contributed by atoms with Gasteiger partial charge in [0, 0.05) is 23.6 Å². The predicted octanol–water partition coefficient (Wildman–Crippen LogP) is 10.0. The van der Waals surface area contributed by atoms with Crippen LogP contribution in [0.3, 0.4) is 0 Å². The molecule has 5 rings (SSSR count). The molecule has 0 amide bonds. The van der Waals surface area contributed by atoms with E-state index in [2.05, 4.69) is 9.98 Å². The van der Waals surface area contributed by atoms with E-state index in [1.54, 1.807) is 25.1 Å². The van der Waals surface area contributed by atoms with Gasteiger partial charge in [0.1, 0.15) is 5.92 Å². The van der Waals surface area contributed by atoms with Crippen molar-refractivity contribution in [1.29, 1.82) is 0 Å². The van der Waals surface area contributed by atoms with Crippen LogP contribution in [0.2, 0.25) is 0 Å². The average molecular weight is 643 g/mol. The van der Waals surface area contributed by atoms with Crippen LogP contribution in [0.15, 0.2) is 58.5 Å². The Morgan fingerprint density at radius 2 is 1.13 bits per heavy atom. The normalized spacial score (nSPS) is 22.4. The fourth-order valence-electron chi connectivity index (χ4n) is 5.76. The van der Waals surface area contributed by atoms with Gasteiger partial charge in [0.05, 0.1) is 11.4 Å². The molecular weight excluding hydrogens is 615 g/mol. The lowest BCUT2D eigenvalue weighted by Crippen LogP contribution is -2.45. The Labute approximate surface area is 252 Å². The minimum absolute atomic E-state index is 0.0641. The Morgan fingerprint density at radius 1 is 0.644 bits per heavy atom. The summed E-state index contributed by atoms with van der Waals surface area (Å²) < 4.78 is 142. The van der Waals surface area contributed by atoms with Crippen LogP contribution in [0.5, 0.6) is 0 Å². The van der Waals surface area contributed by atoms with Crippen LogP contribution in [0.25, 0.3) is 0 Å². The Hall–Kier alpha value is -4.03. The molecule has 3 atom stereocenters. The number of aryl methyl sites for hydroxylation is 3. The minimum atomic E-state index is -5.14. The lowest BCUT2D eigenvalue weighted by atomic mass is 9.79. The fourth-order valence-corrected chi connectivity index (χ4v) is 5.76. The molecule has 240 valence electrons. The van der Waals surface area contributed by atoms with E-state index in [1.165, 1.54) is 26.8 Å². The summed E-state index contributed by atoms with van der Waals surface area (Å²) in [5.41, 5.74) is -8.29. The van der Waals surface area contributed by atoms with E-state index >= 15 is 0 Å². The molecule has 2 aliphatic rings. The molecule has 2 heterocycles. The molecule has 0 aliphatic carbocycles. The molecule has 3 aromatic rings. The van der Waals surface area contributed by atoms with Crippen LogP contribution in [-0.2, 0) is 20.7 Å². The van der Waals surface area contributed by atoms with Gasteiger partial charge in [-0.1, -0.05) is 17.7 Å². The van der Waals surface area contributed by atoms with Crippen LogP contribution in [-0.4, -0.2) is 30.3 Å². The van der Waals surface area contributed by atoms with Gasteiger partial charge in [-0.3, -0.25) is 0 Å². The Kier molecular flexibility index (Phi) is 7.37. The van der Waals surface area contributed by atoms with Gasteiger partial charge < -0.3 is 9.47 Å². The number of fused-ring (bicyclic) bond motifs is 2.